The molecule has 0 aliphatic carbocycles. The van der Waals surface area contributed by atoms with Gasteiger partial charge in [-0.2, -0.15) is 11.3 Å². The average molecular weight is 240 g/mol. The lowest BCUT2D eigenvalue weighted by Gasteiger charge is -2.11. The summed E-state index contributed by atoms with van der Waals surface area (Å²) in [5.74, 6) is 0.409. The fourth-order valence-corrected chi connectivity index (χ4v) is 2.35. The molecule has 90 valence electrons. The maximum atomic E-state index is 11.6. The third kappa shape index (κ3) is 3.94. The summed E-state index contributed by atoms with van der Waals surface area (Å²) in [4.78, 5) is 11.6. The number of aryl methyl sites for hydroxylation is 1. The average Bonchev–Trinajstić information content (AvgIpc) is 2.69. The van der Waals surface area contributed by atoms with Crippen molar-refractivity contribution in [1.29, 1.82) is 0 Å². The Bertz CT molecular complexity index is 332. The highest BCUT2D eigenvalue weighted by Crippen LogP contribution is 2.13. The Hall–Kier alpha value is -0.870. The second kappa shape index (κ2) is 6.66. The number of rotatable bonds is 6. The zero-order valence-electron chi connectivity index (χ0n) is 9.95. The van der Waals surface area contributed by atoms with E-state index in [1.807, 2.05) is 0 Å². The van der Waals surface area contributed by atoms with Crippen LogP contribution in [-0.4, -0.2) is 12.5 Å². The zero-order chi connectivity index (χ0) is 12.0. The van der Waals surface area contributed by atoms with Crippen LogP contribution in [0.5, 0.6) is 0 Å². The van der Waals surface area contributed by atoms with E-state index < -0.39 is 0 Å². The fraction of sp³-hybridized carbons (Fsp3) is 0.583. The summed E-state index contributed by atoms with van der Waals surface area (Å²) in [6.07, 6.45) is 1.50. The van der Waals surface area contributed by atoms with E-state index in [1.54, 1.807) is 11.3 Å². The molecular formula is C12H20N2OS. The molecule has 3 N–H and O–H groups in total. The first-order chi connectivity index (χ1) is 7.67. The van der Waals surface area contributed by atoms with Crippen LogP contribution in [0.4, 0.5) is 0 Å². The van der Waals surface area contributed by atoms with Crippen molar-refractivity contribution in [3.8, 4) is 0 Å². The van der Waals surface area contributed by atoms with Crippen molar-refractivity contribution < 1.29 is 4.79 Å². The number of carbonyl (C=O) groups excluding carboxylic acids is 1. The molecule has 1 aromatic heterocycles. The molecule has 3 nitrogen and oxygen atoms in total. The van der Waals surface area contributed by atoms with Gasteiger partial charge in [-0.1, -0.05) is 13.3 Å². The molecule has 0 saturated heterocycles. The maximum Gasteiger partial charge on any atom is 0.220 e. The van der Waals surface area contributed by atoms with E-state index in [0.717, 1.165) is 6.42 Å². The first kappa shape index (κ1) is 13.2. The van der Waals surface area contributed by atoms with Crippen molar-refractivity contribution in [2.75, 3.05) is 6.54 Å². The van der Waals surface area contributed by atoms with Crippen LogP contribution in [0.1, 0.15) is 30.9 Å². The van der Waals surface area contributed by atoms with Crippen molar-refractivity contribution in [2.45, 2.75) is 33.2 Å². The predicted molar refractivity (Wildman–Crippen MR) is 68.4 cm³/mol. The van der Waals surface area contributed by atoms with Gasteiger partial charge in [0.05, 0.1) is 0 Å². The van der Waals surface area contributed by atoms with Gasteiger partial charge >= 0.3 is 0 Å². The molecule has 16 heavy (non-hydrogen) atoms. The van der Waals surface area contributed by atoms with Crippen LogP contribution >= 0.6 is 11.3 Å². The zero-order valence-corrected chi connectivity index (χ0v) is 10.8. The van der Waals surface area contributed by atoms with Gasteiger partial charge in [0.25, 0.3) is 0 Å². The molecular weight excluding hydrogens is 220 g/mol. The highest BCUT2D eigenvalue weighted by atomic mass is 32.1. The van der Waals surface area contributed by atoms with Gasteiger partial charge in [0.2, 0.25) is 5.91 Å². The lowest BCUT2D eigenvalue weighted by atomic mass is 10.0. The van der Waals surface area contributed by atoms with Crippen LogP contribution in [0, 0.1) is 12.8 Å². The molecule has 0 aliphatic heterocycles. The molecule has 0 fully saturated rings. The second-order valence-electron chi connectivity index (χ2n) is 4.07. The summed E-state index contributed by atoms with van der Waals surface area (Å²) < 4.78 is 0. The molecule has 1 amide bonds. The Kier molecular flexibility index (Phi) is 5.49. The summed E-state index contributed by atoms with van der Waals surface area (Å²) in [6, 6.07) is 0. The predicted octanol–water partition coefficient (Wildman–Crippen LogP) is 2.05. The molecule has 1 rings (SSSR count). The molecule has 1 unspecified atom stereocenters. The number of amides is 1. The van der Waals surface area contributed by atoms with Crippen LogP contribution in [0.2, 0.25) is 0 Å². The molecule has 0 saturated carbocycles. The molecule has 1 aromatic rings. The molecule has 1 heterocycles. The number of nitrogens with two attached hydrogens (primary N) is 1. The van der Waals surface area contributed by atoms with E-state index >= 15 is 0 Å². The molecule has 4 heteroatoms. The van der Waals surface area contributed by atoms with Gasteiger partial charge in [-0.25, -0.2) is 0 Å². The molecule has 0 aromatic carbocycles. The molecule has 0 bridgehead atoms. The summed E-state index contributed by atoms with van der Waals surface area (Å²) >= 11 is 1.67. The normalized spacial score (nSPS) is 12.4. The van der Waals surface area contributed by atoms with Gasteiger partial charge in [0.15, 0.2) is 0 Å². The highest BCUT2D eigenvalue weighted by Gasteiger charge is 2.10. The van der Waals surface area contributed by atoms with Gasteiger partial charge in [-0.3, -0.25) is 4.79 Å². The van der Waals surface area contributed by atoms with Gasteiger partial charge in [0.1, 0.15) is 0 Å². The number of hydrogen-bond acceptors (Lipinski definition) is 3. The summed E-state index contributed by atoms with van der Waals surface area (Å²) in [7, 11) is 0. The van der Waals surface area contributed by atoms with Crippen molar-refractivity contribution >= 4 is 17.2 Å². The number of thiophene rings is 1. The SMILES string of the molecule is CCC(CN)CC(=O)NCc1cscc1C. The van der Waals surface area contributed by atoms with E-state index in [0.29, 0.717) is 25.4 Å². The quantitative estimate of drug-likeness (QED) is 0.799. The van der Waals surface area contributed by atoms with Crippen molar-refractivity contribution in [3.05, 3.63) is 21.9 Å². The van der Waals surface area contributed by atoms with Gasteiger partial charge in [-0.05, 0) is 41.3 Å². The summed E-state index contributed by atoms with van der Waals surface area (Å²) in [6.45, 7) is 5.34. The first-order valence-corrected chi connectivity index (χ1v) is 6.60. The van der Waals surface area contributed by atoms with E-state index in [-0.39, 0.29) is 5.91 Å². The van der Waals surface area contributed by atoms with Gasteiger partial charge in [0, 0.05) is 13.0 Å². The molecule has 0 spiro atoms. The monoisotopic (exact) mass is 240 g/mol. The maximum absolute atomic E-state index is 11.6. The minimum absolute atomic E-state index is 0.0999. The highest BCUT2D eigenvalue weighted by molar-refractivity contribution is 7.08. The fourth-order valence-electron chi connectivity index (χ4n) is 1.49. The van der Waals surface area contributed by atoms with Gasteiger partial charge in [-0.15, -0.1) is 0 Å². The summed E-state index contributed by atoms with van der Waals surface area (Å²) in [5, 5.41) is 7.11. The first-order valence-electron chi connectivity index (χ1n) is 5.65. The number of carbonyl (C=O) groups is 1. The topological polar surface area (TPSA) is 55.1 Å². The van der Waals surface area contributed by atoms with E-state index in [2.05, 4.69) is 29.9 Å². The Labute approximate surface area is 101 Å². The van der Waals surface area contributed by atoms with E-state index in [1.165, 1.54) is 11.1 Å². The van der Waals surface area contributed by atoms with Crippen LogP contribution < -0.4 is 11.1 Å². The van der Waals surface area contributed by atoms with Crippen LogP contribution in [0.3, 0.4) is 0 Å². The Morgan fingerprint density at radius 1 is 1.56 bits per heavy atom. The standard InChI is InChI=1S/C12H20N2OS/c1-3-10(5-13)4-12(15)14-6-11-8-16-7-9(11)2/h7-8,10H,3-6,13H2,1-2H3,(H,14,15). The van der Waals surface area contributed by atoms with E-state index in [9.17, 15) is 4.79 Å². The molecule has 1 atom stereocenters. The Balaban J connectivity index is 2.33. The molecule has 0 aliphatic rings. The van der Waals surface area contributed by atoms with Crippen LogP contribution in [-0.2, 0) is 11.3 Å². The smallest absolute Gasteiger partial charge is 0.220 e. The van der Waals surface area contributed by atoms with E-state index in [4.69, 9.17) is 5.73 Å². The third-order valence-electron chi connectivity index (χ3n) is 2.82. The second-order valence-corrected chi connectivity index (χ2v) is 4.81. The lowest BCUT2D eigenvalue weighted by Crippen LogP contribution is -2.27. The van der Waals surface area contributed by atoms with Crippen molar-refractivity contribution in [2.24, 2.45) is 11.7 Å². The largest absolute Gasteiger partial charge is 0.352 e. The Morgan fingerprint density at radius 3 is 2.81 bits per heavy atom. The summed E-state index contributed by atoms with van der Waals surface area (Å²) in [5.41, 5.74) is 8.02. The minimum Gasteiger partial charge on any atom is -0.352 e. The van der Waals surface area contributed by atoms with Crippen molar-refractivity contribution in [3.63, 3.8) is 0 Å². The van der Waals surface area contributed by atoms with Gasteiger partial charge < -0.3 is 11.1 Å². The Morgan fingerprint density at radius 2 is 2.31 bits per heavy atom. The minimum atomic E-state index is 0.0999. The lowest BCUT2D eigenvalue weighted by molar-refractivity contribution is -0.122. The van der Waals surface area contributed by atoms with Crippen LogP contribution in [0.15, 0.2) is 10.8 Å². The third-order valence-corrected chi connectivity index (χ3v) is 3.73. The molecule has 0 radical (unpaired) electrons. The van der Waals surface area contributed by atoms with Crippen molar-refractivity contribution in [1.82, 2.24) is 5.32 Å². The van der Waals surface area contributed by atoms with Crippen LogP contribution in [0.25, 0.3) is 0 Å². The number of nitrogens with one attached hydrogen (secondary N) is 1. The number of hydrogen-bond donors (Lipinski definition) is 2.